The van der Waals surface area contributed by atoms with Crippen LogP contribution in [0, 0.1) is 5.92 Å². The molecule has 0 unspecified atom stereocenters. The minimum absolute atomic E-state index is 0.0139. The number of methoxy groups -OCH3 is 1. The smallest absolute Gasteiger partial charge is 0.305 e. The minimum Gasteiger partial charge on any atom is -0.506 e. The van der Waals surface area contributed by atoms with Crippen molar-refractivity contribution in [2.45, 2.75) is 45.4 Å². The van der Waals surface area contributed by atoms with E-state index in [0.717, 1.165) is 37.3 Å². The summed E-state index contributed by atoms with van der Waals surface area (Å²) in [7, 11) is 1.74. The number of nitrogens with one attached hydrogen (secondary N) is 3. The van der Waals surface area contributed by atoms with E-state index in [1.165, 1.54) is 17.2 Å². The molecule has 2 atom stereocenters. The zero-order chi connectivity index (χ0) is 23.8. The maximum Gasteiger partial charge on any atom is 0.305 e. The highest BCUT2D eigenvalue weighted by molar-refractivity contribution is 7.16. The molecule has 0 bridgehead atoms. The Labute approximate surface area is 198 Å². The van der Waals surface area contributed by atoms with E-state index in [-0.39, 0.29) is 10.6 Å². The number of benzene rings is 2. The summed E-state index contributed by atoms with van der Waals surface area (Å²) < 4.78 is 5.92. The normalized spacial score (nSPS) is 13.6. The summed E-state index contributed by atoms with van der Waals surface area (Å²) >= 11 is 0.999. The number of aliphatic hydroxyl groups is 1. The summed E-state index contributed by atoms with van der Waals surface area (Å²) in [6, 6.07) is 12.1. The predicted octanol–water partition coefficient (Wildman–Crippen LogP) is 3.31. The van der Waals surface area contributed by atoms with Crippen LogP contribution in [0.1, 0.15) is 43.1 Å². The number of rotatable bonds is 13. The van der Waals surface area contributed by atoms with E-state index >= 15 is 0 Å². The fourth-order valence-electron chi connectivity index (χ4n) is 3.95. The van der Waals surface area contributed by atoms with E-state index < -0.39 is 6.10 Å². The van der Waals surface area contributed by atoms with Crippen LogP contribution >= 0.6 is 11.3 Å². The van der Waals surface area contributed by atoms with E-state index in [2.05, 4.69) is 53.7 Å². The Bertz CT molecular complexity index is 1060. The molecule has 8 heteroatoms. The molecular formula is C25H35N3O4S. The molecule has 1 heterocycles. The summed E-state index contributed by atoms with van der Waals surface area (Å²) in [5.41, 5.74) is 3.50. The van der Waals surface area contributed by atoms with Crippen LogP contribution in [0.4, 0.5) is 0 Å². The summed E-state index contributed by atoms with van der Waals surface area (Å²) in [6.45, 7) is 7.07. The molecule has 3 rings (SSSR count). The predicted molar refractivity (Wildman–Crippen MR) is 134 cm³/mol. The Balaban J connectivity index is 1.45. The molecule has 0 amide bonds. The van der Waals surface area contributed by atoms with Gasteiger partial charge < -0.3 is 30.6 Å². The van der Waals surface area contributed by atoms with Gasteiger partial charge in [0.25, 0.3) is 0 Å². The second-order valence-corrected chi connectivity index (χ2v) is 9.82. The van der Waals surface area contributed by atoms with Crippen molar-refractivity contribution in [3.05, 3.63) is 62.8 Å². The maximum atomic E-state index is 11.6. The third kappa shape index (κ3) is 7.38. The lowest BCUT2D eigenvalue weighted by atomic mass is 10.0. The third-order valence-electron chi connectivity index (χ3n) is 5.62. The van der Waals surface area contributed by atoms with E-state index in [1.807, 2.05) is 0 Å². The monoisotopic (exact) mass is 473 g/mol. The molecular weight excluding hydrogens is 438 g/mol. The van der Waals surface area contributed by atoms with Gasteiger partial charge in [-0.15, -0.1) is 0 Å². The number of phenols is 1. The average Bonchev–Trinajstić information content (AvgIpc) is 3.18. The first-order chi connectivity index (χ1) is 15.9. The number of H-pyrrole nitrogens is 1. The lowest BCUT2D eigenvalue weighted by Crippen LogP contribution is -2.34. The molecule has 1 aromatic heterocycles. The number of thiazole rings is 1. The third-order valence-corrected chi connectivity index (χ3v) is 6.55. The number of phenolic OH excluding ortho intramolecular Hbond substituents is 1. The number of hydrogen-bond donors (Lipinski definition) is 5. The van der Waals surface area contributed by atoms with Crippen molar-refractivity contribution in [2.24, 2.45) is 5.92 Å². The molecule has 33 heavy (non-hydrogen) atoms. The molecule has 0 saturated carbocycles. The molecule has 0 radical (unpaired) electrons. The number of ether oxygens (including phenoxy) is 1. The Hall–Kier alpha value is -2.23. The van der Waals surface area contributed by atoms with Gasteiger partial charge in [0.2, 0.25) is 0 Å². The first-order valence-corrected chi connectivity index (χ1v) is 12.2. The van der Waals surface area contributed by atoms with E-state index in [1.54, 1.807) is 13.2 Å². The zero-order valence-corrected chi connectivity index (χ0v) is 20.4. The molecule has 3 aromatic rings. The van der Waals surface area contributed by atoms with E-state index in [9.17, 15) is 15.0 Å². The van der Waals surface area contributed by atoms with E-state index in [4.69, 9.17) is 4.74 Å². The van der Waals surface area contributed by atoms with E-state index in [0.29, 0.717) is 40.9 Å². The topological polar surface area (TPSA) is 107 Å². The number of fused-ring (bicyclic) bond motifs is 1. The van der Waals surface area contributed by atoms with Crippen molar-refractivity contribution in [3.8, 4) is 5.75 Å². The van der Waals surface area contributed by atoms with Gasteiger partial charge in [0.1, 0.15) is 11.3 Å². The lowest BCUT2D eigenvalue weighted by molar-refractivity contribution is 0.156. The second kappa shape index (κ2) is 12.3. The van der Waals surface area contributed by atoms with Crippen LogP contribution in [0.25, 0.3) is 10.2 Å². The zero-order valence-electron chi connectivity index (χ0n) is 19.6. The van der Waals surface area contributed by atoms with Gasteiger partial charge in [-0.3, -0.25) is 4.79 Å². The molecule has 0 aliphatic rings. The minimum atomic E-state index is -0.765. The molecule has 0 aliphatic heterocycles. The highest BCUT2D eigenvalue weighted by Gasteiger charge is 2.16. The summed E-state index contributed by atoms with van der Waals surface area (Å²) in [5, 5.41) is 27.3. The maximum absolute atomic E-state index is 11.6. The van der Waals surface area contributed by atoms with Gasteiger partial charge >= 0.3 is 4.87 Å². The van der Waals surface area contributed by atoms with Crippen molar-refractivity contribution >= 4 is 21.6 Å². The molecule has 5 N–H and O–H groups in total. The van der Waals surface area contributed by atoms with Crippen LogP contribution in [0.15, 0.2) is 41.2 Å². The second-order valence-electron chi connectivity index (χ2n) is 8.84. The summed E-state index contributed by atoms with van der Waals surface area (Å²) in [5.74, 6) is 0.638. The molecule has 0 aliphatic carbocycles. The Morgan fingerprint density at radius 3 is 2.55 bits per heavy atom. The number of aromatic hydroxyl groups is 1. The standard InChI is InChI=1S/C25H35N3O4S/c1-16(2)12-19(15-32-3)27-13-18-6-4-17(5-7-18)10-11-26-14-22(30)20-8-9-21(29)23-24(20)33-25(31)28-23/h4-9,16,19,22,26-27,29-30H,10-15H2,1-3H3,(H,28,31)/t19-,22-/m0/s1. The fourth-order valence-corrected chi connectivity index (χ4v) is 4.87. The molecule has 2 aromatic carbocycles. The van der Waals surface area contributed by atoms with Crippen LogP contribution in [0.2, 0.25) is 0 Å². The van der Waals surface area contributed by atoms with Gasteiger partial charge in [-0.25, -0.2) is 0 Å². The van der Waals surface area contributed by atoms with Crippen molar-refractivity contribution in [2.75, 3.05) is 26.8 Å². The van der Waals surface area contributed by atoms with Crippen LogP contribution in [-0.4, -0.2) is 48.0 Å². The van der Waals surface area contributed by atoms with Crippen LogP contribution in [0.5, 0.6) is 5.75 Å². The quantitative estimate of drug-likeness (QED) is 0.244. The van der Waals surface area contributed by atoms with Gasteiger partial charge in [-0.05, 0) is 42.5 Å². The van der Waals surface area contributed by atoms with Crippen molar-refractivity contribution in [3.63, 3.8) is 0 Å². The molecule has 180 valence electrons. The average molecular weight is 474 g/mol. The fraction of sp³-hybridized carbons (Fsp3) is 0.480. The summed E-state index contributed by atoms with van der Waals surface area (Å²) in [6.07, 6.45) is 1.17. The number of hydrogen-bond acceptors (Lipinski definition) is 7. The van der Waals surface area contributed by atoms with Crippen molar-refractivity contribution < 1.29 is 14.9 Å². The highest BCUT2D eigenvalue weighted by atomic mass is 32.1. The molecule has 0 saturated heterocycles. The van der Waals surface area contributed by atoms with Crippen molar-refractivity contribution in [1.82, 2.24) is 15.6 Å². The lowest BCUT2D eigenvalue weighted by Gasteiger charge is -2.20. The van der Waals surface area contributed by atoms with Gasteiger partial charge in [0, 0.05) is 31.8 Å². The largest absolute Gasteiger partial charge is 0.506 e. The first kappa shape index (κ1) is 25.4. The van der Waals surface area contributed by atoms with Crippen LogP contribution in [-0.2, 0) is 17.7 Å². The van der Waals surface area contributed by atoms with Gasteiger partial charge in [0.15, 0.2) is 0 Å². The number of aliphatic hydroxyl groups excluding tert-OH is 1. The number of aromatic nitrogens is 1. The molecule has 0 spiro atoms. The Morgan fingerprint density at radius 2 is 1.85 bits per heavy atom. The van der Waals surface area contributed by atoms with Gasteiger partial charge in [-0.1, -0.05) is 55.5 Å². The SMILES string of the molecule is COC[C@H](CC(C)C)NCc1ccc(CCNC[C@H](O)c2ccc(O)c3[nH]c(=O)sc23)cc1. The molecule has 0 fully saturated rings. The van der Waals surface area contributed by atoms with Crippen molar-refractivity contribution in [1.29, 1.82) is 0 Å². The number of aromatic amines is 1. The van der Waals surface area contributed by atoms with Crippen LogP contribution in [0.3, 0.4) is 0 Å². The van der Waals surface area contributed by atoms with Crippen LogP contribution < -0.4 is 15.5 Å². The Morgan fingerprint density at radius 1 is 1.12 bits per heavy atom. The first-order valence-electron chi connectivity index (χ1n) is 11.4. The molecule has 7 nitrogen and oxygen atoms in total. The summed E-state index contributed by atoms with van der Waals surface area (Å²) in [4.78, 5) is 14.0. The highest BCUT2D eigenvalue weighted by Crippen LogP contribution is 2.31. The van der Waals surface area contributed by atoms with Gasteiger partial charge in [0.05, 0.1) is 17.4 Å². The van der Waals surface area contributed by atoms with Gasteiger partial charge in [-0.2, -0.15) is 0 Å². The Kier molecular flexibility index (Phi) is 9.46.